The second-order valence-electron chi connectivity index (χ2n) is 5.91. The van der Waals surface area contributed by atoms with Crippen LogP contribution >= 0.6 is 0 Å². The van der Waals surface area contributed by atoms with Crippen LogP contribution in [0.4, 0.5) is 5.69 Å². The van der Waals surface area contributed by atoms with Gasteiger partial charge in [-0.3, -0.25) is 9.69 Å². The van der Waals surface area contributed by atoms with E-state index in [2.05, 4.69) is 30.9 Å². The van der Waals surface area contributed by atoms with Crippen molar-refractivity contribution in [1.29, 1.82) is 0 Å². The standard InChI is InChI=1S/C16H23N7O/c1-22-20-15(19-21-22)12-23-11-5-8-14(23)16(24)18-10-9-17-13-6-3-2-4-7-13/h2-4,6-7,14,17H,5,8-12H2,1H3,(H,18,24)/t14-/m0/s1. The third-order valence-electron chi connectivity index (χ3n) is 4.09. The molecule has 2 aromatic rings. The Morgan fingerprint density at radius 3 is 2.88 bits per heavy atom. The van der Waals surface area contributed by atoms with Crippen LogP contribution in [0.25, 0.3) is 0 Å². The van der Waals surface area contributed by atoms with Gasteiger partial charge in [0.15, 0.2) is 5.82 Å². The normalized spacial score (nSPS) is 17.8. The lowest BCUT2D eigenvalue weighted by Crippen LogP contribution is -2.44. The van der Waals surface area contributed by atoms with E-state index >= 15 is 0 Å². The summed E-state index contributed by atoms with van der Waals surface area (Å²) in [6.45, 7) is 2.75. The summed E-state index contributed by atoms with van der Waals surface area (Å²) in [5.74, 6) is 0.731. The Morgan fingerprint density at radius 1 is 1.29 bits per heavy atom. The van der Waals surface area contributed by atoms with Crippen molar-refractivity contribution in [3.63, 3.8) is 0 Å². The number of rotatable bonds is 7. The molecule has 0 aliphatic carbocycles. The summed E-state index contributed by atoms with van der Waals surface area (Å²) in [5, 5.41) is 18.3. The van der Waals surface area contributed by atoms with Gasteiger partial charge >= 0.3 is 0 Å². The molecule has 1 aromatic carbocycles. The van der Waals surface area contributed by atoms with Crippen molar-refractivity contribution >= 4 is 11.6 Å². The Kier molecular flexibility index (Phi) is 5.37. The molecule has 1 saturated heterocycles. The lowest BCUT2D eigenvalue weighted by molar-refractivity contribution is -0.125. The number of benzene rings is 1. The first-order chi connectivity index (χ1) is 11.7. The number of carbonyl (C=O) groups excluding carboxylic acids is 1. The predicted octanol–water partition coefficient (Wildman–Crippen LogP) is 0.403. The maximum absolute atomic E-state index is 12.4. The van der Waals surface area contributed by atoms with E-state index in [9.17, 15) is 4.79 Å². The molecule has 2 heterocycles. The molecule has 8 nitrogen and oxygen atoms in total. The molecule has 0 saturated carbocycles. The minimum atomic E-state index is -0.106. The van der Waals surface area contributed by atoms with Crippen LogP contribution in [0.15, 0.2) is 30.3 Å². The van der Waals surface area contributed by atoms with Crippen LogP contribution in [0, 0.1) is 0 Å². The average Bonchev–Trinajstić information content (AvgIpc) is 3.22. The van der Waals surface area contributed by atoms with Crippen LogP contribution < -0.4 is 10.6 Å². The molecule has 1 amide bonds. The van der Waals surface area contributed by atoms with Crippen LogP contribution in [-0.4, -0.2) is 56.7 Å². The molecule has 3 rings (SSSR count). The minimum Gasteiger partial charge on any atom is -0.383 e. The zero-order chi connectivity index (χ0) is 16.8. The number of amides is 1. The highest BCUT2D eigenvalue weighted by Crippen LogP contribution is 2.18. The Balaban J connectivity index is 1.43. The maximum atomic E-state index is 12.4. The van der Waals surface area contributed by atoms with Crippen LogP contribution in [0.5, 0.6) is 0 Å². The summed E-state index contributed by atoms with van der Waals surface area (Å²) >= 11 is 0. The van der Waals surface area contributed by atoms with Crippen molar-refractivity contribution in [3.8, 4) is 0 Å². The van der Waals surface area contributed by atoms with Gasteiger partial charge in [0.1, 0.15) is 0 Å². The molecule has 0 radical (unpaired) electrons. The molecule has 8 heteroatoms. The van der Waals surface area contributed by atoms with E-state index < -0.39 is 0 Å². The summed E-state index contributed by atoms with van der Waals surface area (Å²) in [6.07, 6.45) is 1.89. The van der Waals surface area contributed by atoms with Crippen molar-refractivity contribution in [2.45, 2.75) is 25.4 Å². The van der Waals surface area contributed by atoms with Crippen molar-refractivity contribution in [3.05, 3.63) is 36.2 Å². The number of nitrogens with zero attached hydrogens (tertiary/aromatic N) is 5. The largest absolute Gasteiger partial charge is 0.383 e. The molecule has 0 bridgehead atoms. The number of anilines is 1. The molecule has 0 unspecified atom stereocenters. The second kappa shape index (κ2) is 7.87. The fourth-order valence-corrected chi connectivity index (χ4v) is 2.95. The molecule has 24 heavy (non-hydrogen) atoms. The molecule has 1 fully saturated rings. The highest BCUT2D eigenvalue weighted by atomic mass is 16.2. The van der Waals surface area contributed by atoms with E-state index in [1.165, 1.54) is 4.80 Å². The average molecular weight is 329 g/mol. The second-order valence-corrected chi connectivity index (χ2v) is 5.91. The summed E-state index contributed by atoms with van der Waals surface area (Å²) in [5.41, 5.74) is 1.06. The van der Waals surface area contributed by atoms with E-state index in [-0.39, 0.29) is 11.9 Å². The molecular weight excluding hydrogens is 306 g/mol. The number of tetrazole rings is 1. The minimum absolute atomic E-state index is 0.0752. The molecule has 128 valence electrons. The van der Waals surface area contributed by atoms with Crippen molar-refractivity contribution < 1.29 is 4.79 Å². The smallest absolute Gasteiger partial charge is 0.237 e. The quantitative estimate of drug-likeness (QED) is 0.715. The Labute approximate surface area is 141 Å². The van der Waals surface area contributed by atoms with Gasteiger partial charge in [-0.25, -0.2) is 0 Å². The number of aryl methyl sites for hydroxylation is 1. The van der Waals surface area contributed by atoms with Crippen molar-refractivity contribution in [1.82, 2.24) is 30.4 Å². The first-order valence-electron chi connectivity index (χ1n) is 8.26. The van der Waals surface area contributed by atoms with Crippen molar-refractivity contribution in [2.75, 3.05) is 25.0 Å². The van der Waals surface area contributed by atoms with Gasteiger partial charge < -0.3 is 10.6 Å². The third kappa shape index (κ3) is 4.29. The van der Waals surface area contributed by atoms with Crippen LogP contribution in [-0.2, 0) is 18.4 Å². The van der Waals surface area contributed by atoms with Crippen LogP contribution in [0.1, 0.15) is 18.7 Å². The van der Waals surface area contributed by atoms with Gasteiger partial charge in [0.2, 0.25) is 5.91 Å². The van der Waals surface area contributed by atoms with Gasteiger partial charge in [0.25, 0.3) is 0 Å². The number of para-hydroxylation sites is 1. The Hall–Kier alpha value is -2.48. The molecule has 1 aliphatic rings. The summed E-state index contributed by atoms with van der Waals surface area (Å²) in [6, 6.07) is 9.86. The number of nitrogens with one attached hydrogen (secondary N) is 2. The van der Waals surface area contributed by atoms with Gasteiger partial charge in [0.05, 0.1) is 19.6 Å². The molecule has 2 N–H and O–H groups in total. The summed E-state index contributed by atoms with van der Waals surface area (Å²) < 4.78 is 0. The van der Waals surface area contributed by atoms with Gasteiger partial charge in [0, 0.05) is 18.8 Å². The molecule has 1 aliphatic heterocycles. The van der Waals surface area contributed by atoms with Gasteiger partial charge in [-0.2, -0.15) is 4.80 Å². The summed E-state index contributed by atoms with van der Waals surface area (Å²) in [4.78, 5) is 16.0. The highest BCUT2D eigenvalue weighted by Gasteiger charge is 2.31. The number of carbonyl (C=O) groups is 1. The maximum Gasteiger partial charge on any atom is 0.237 e. The fourth-order valence-electron chi connectivity index (χ4n) is 2.95. The van der Waals surface area contributed by atoms with E-state index in [1.807, 2.05) is 30.3 Å². The number of hydrogen-bond donors (Lipinski definition) is 2. The van der Waals surface area contributed by atoms with Crippen molar-refractivity contribution in [2.24, 2.45) is 7.05 Å². The first-order valence-corrected chi connectivity index (χ1v) is 8.26. The Morgan fingerprint density at radius 2 is 2.12 bits per heavy atom. The predicted molar refractivity (Wildman–Crippen MR) is 90.2 cm³/mol. The van der Waals surface area contributed by atoms with Crippen LogP contribution in [0.3, 0.4) is 0 Å². The molecule has 0 spiro atoms. The first kappa shape index (κ1) is 16.4. The Bertz CT molecular complexity index is 657. The van der Waals surface area contributed by atoms with Gasteiger partial charge in [-0.1, -0.05) is 18.2 Å². The highest BCUT2D eigenvalue weighted by molar-refractivity contribution is 5.82. The van der Waals surface area contributed by atoms with Gasteiger partial charge in [-0.05, 0) is 36.7 Å². The fraction of sp³-hybridized carbons (Fsp3) is 0.500. The number of aromatic nitrogens is 4. The van der Waals surface area contributed by atoms with E-state index in [1.54, 1.807) is 7.05 Å². The monoisotopic (exact) mass is 329 g/mol. The van der Waals surface area contributed by atoms with E-state index in [0.717, 1.165) is 25.1 Å². The lowest BCUT2D eigenvalue weighted by Gasteiger charge is -2.22. The van der Waals surface area contributed by atoms with E-state index in [0.29, 0.717) is 25.5 Å². The zero-order valence-electron chi connectivity index (χ0n) is 13.9. The number of hydrogen-bond acceptors (Lipinski definition) is 6. The molecule has 1 atom stereocenters. The SMILES string of the molecule is Cn1nnc(CN2CCC[C@H]2C(=O)NCCNc2ccccc2)n1. The third-order valence-corrected chi connectivity index (χ3v) is 4.09. The van der Waals surface area contributed by atoms with Crippen LogP contribution in [0.2, 0.25) is 0 Å². The zero-order valence-corrected chi connectivity index (χ0v) is 13.9. The number of likely N-dealkylation sites (tertiary alicyclic amines) is 1. The van der Waals surface area contributed by atoms with Gasteiger partial charge in [-0.15, -0.1) is 10.2 Å². The molecule has 1 aromatic heterocycles. The topological polar surface area (TPSA) is 88.0 Å². The molecular formula is C16H23N7O. The summed E-state index contributed by atoms with van der Waals surface area (Å²) in [7, 11) is 1.74. The lowest BCUT2D eigenvalue weighted by atomic mass is 10.2. The van der Waals surface area contributed by atoms with E-state index in [4.69, 9.17) is 0 Å².